The third kappa shape index (κ3) is 5.01. The summed E-state index contributed by atoms with van der Waals surface area (Å²) in [5.41, 5.74) is 0.422. The van der Waals surface area contributed by atoms with E-state index in [1.807, 2.05) is 0 Å². The molecule has 0 aliphatic carbocycles. The fraction of sp³-hybridized carbons (Fsp3) is 0.688. The van der Waals surface area contributed by atoms with Crippen LogP contribution in [0.3, 0.4) is 0 Å². The number of likely N-dealkylation sites (tertiary alicyclic amines) is 1. The first-order chi connectivity index (χ1) is 11.9. The third-order valence-corrected chi connectivity index (χ3v) is 4.37. The highest BCUT2D eigenvalue weighted by atomic mass is 16.6. The van der Waals surface area contributed by atoms with Crippen LogP contribution in [-0.2, 0) is 20.9 Å². The normalized spacial score (nSPS) is 15.4. The van der Waals surface area contributed by atoms with Gasteiger partial charge in [0.05, 0.1) is 4.92 Å². The summed E-state index contributed by atoms with van der Waals surface area (Å²) in [5, 5.41) is 15.0. The summed E-state index contributed by atoms with van der Waals surface area (Å²) in [6, 6.07) is 0. The second kappa shape index (κ2) is 8.59. The number of carbonyl (C=O) groups is 2. The molecule has 138 valence electrons. The number of esters is 1. The maximum atomic E-state index is 12.2. The lowest BCUT2D eigenvalue weighted by Crippen LogP contribution is -2.37. The molecule has 1 saturated heterocycles. The highest BCUT2D eigenvalue weighted by Gasteiger charge is 2.23. The number of nitrogens with zero attached hydrogens (tertiary/aromatic N) is 4. The van der Waals surface area contributed by atoms with Crippen molar-refractivity contribution in [3.63, 3.8) is 0 Å². The molecule has 0 unspecified atom stereocenters. The monoisotopic (exact) mass is 352 g/mol. The van der Waals surface area contributed by atoms with Gasteiger partial charge >= 0.3 is 11.7 Å². The first kappa shape index (κ1) is 18.9. The highest BCUT2D eigenvalue weighted by molar-refractivity contribution is 5.80. The van der Waals surface area contributed by atoms with E-state index in [1.165, 1.54) is 25.0 Å². The molecular weight excluding hydrogens is 328 g/mol. The number of ether oxygens (including phenoxy) is 1. The number of carbonyl (C=O) groups excluding carboxylic acids is 2. The first-order valence-electron chi connectivity index (χ1n) is 8.52. The molecule has 1 aromatic rings. The highest BCUT2D eigenvalue weighted by Crippen LogP contribution is 2.21. The zero-order valence-corrected chi connectivity index (χ0v) is 14.7. The second-order valence-corrected chi connectivity index (χ2v) is 6.24. The number of hydrogen-bond acceptors (Lipinski definition) is 6. The zero-order chi connectivity index (χ0) is 18.4. The van der Waals surface area contributed by atoms with E-state index in [0.29, 0.717) is 13.1 Å². The molecule has 1 amide bonds. The molecule has 0 atom stereocenters. The van der Waals surface area contributed by atoms with Gasteiger partial charge in [-0.1, -0.05) is 19.3 Å². The number of amides is 1. The predicted octanol–water partition coefficient (Wildman–Crippen LogP) is 1.74. The third-order valence-electron chi connectivity index (χ3n) is 4.37. The van der Waals surface area contributed by atoms with Crippen molar-refractivity contribution in [2.75, 3.05) is 19.7 Å². The lowest BCUT2D eigenvalue weighted by atomic mass is 10.1. The summed E-state index contributed by atoms with van der Waals surface area (Å²) in [5.74, 6) is -0.838. The summed E-state index contributed by atoms with van der Waals surface area (Å²) >= 11 is 0. The Morgan fingerprint density at radius 1 is 1.16 bits per heavy atom. The second-order valence-electron chi connectivity index (χ2n) is 6.24. The summed E-state index contributed by atoms with van der Waals surface area (Å²) in [7, 11) is 0. The van der Waals surface area contributed by atoms with Gasteiger partial charge in [0.15, 0.2) is 6.61 Å². The van der Waals surface area contributed by atoms with Gasteiger partial charge < -0.3 is 9.64 Å². The summed E-state index contributed by atoms with van der Waals surface area (Å²) in [6.45, 7) is 3.86. The van der Waals surface area contributed by atoms with Crippen LogP contribution < -0.4 is 0 Å². The van der Waals surface area contributed by atoms with Gasteiger partial charge in [0.25, 0.3) is 5.91 Å². The summed E-state index contributed by atoms with van der Waals surface area (Å²) < 4.78 is 6.27. The van der Waals surface area contributed by atoms with Crippen LogP contribution in [0.25, 0.3) is 0 Å². The molecular formula is C16H24N4O5. The lowest BCUT2D eigenvalue weighted by Gasteiger charge is -2.24. The van der Waals surface area contributed by atoms with Crippen molar-refractivity contribution in [1.82, 2.24) is 14.7 Å². The molecule has 0 N–H and O–H groups in total. The Hall–Kier alpha value is -2.45. The fourth-order valence-corrected chi connectivity index (χ4v) is 3.00. The molecule has 0 radical (unpaired) electrons. The molecule has 25 heavy (non-hydrogen) atoms. The molecule has 1 aliphatic heterocycles. The molecule has 0 saturated carbocycles. The van der Waals surface area contributed by atoms with Crippen molar-refractivity contribution >= 4 is 17.6 Å². The Bertz CT molecular complexity index is 647. The molecule has 1 aliphatic rings. The number of rotatable bonds is 5. The quantitative estimate of drug-likeness (QED) is 0.454. The average molecular weight is 352 g/mol. The standard InChI is InChI=1S/C16H24N4O5/c1-12-16(20(23)24)13(2)19(17-12)10-15(22)25-11-14(21)18-8-6-4-3-5-7-9-18/h3-11H2,1-2H3. The van der Waals surface area contributed by atoms with Gasteiger partial charge in [-0.2, -0.15) is 5.10 Å². The van der Waals surface area contributed by atoms with E-state index in [0.717, 1.165) is 25.7 Å². The van der Waals surface area contributed by atoms with Crippen LogP contribution in [0.1, 0.15) is 43.5 Å². The Balaban J connectivity index is 1.87. The van der Waals surface area contributed by atoms with Crippen molar-refractivity contribution in [2.45, 2.75) is 52.5 Å². The summed E-state index contributed by atoms with van der Waals surface area (Å²) in [6.07, 6.45) is 5.36. The number of aromatic nitrogens is 2. The van der Waals surface area contributed by atoms with Gasteiger partial charge in [-0.3, -0.25) is 24.4 Å². The SMILES string of the molecule is Cc1nn(CC(=O)OCC(=O)N2CCCCCCC2)c(C)c1[N+](=O)[O-]. The molecule has 9 nitrogen and oxygen atoms in total. The van der Waals surface area contributed by atoms with Crippen LogP contribution in [0.4, 0.5) is 5.69 Å². The Kier molecular flexibility index (Phi) is 6.49. The van der Waals surface area contributed by atoms with Gasteiger partial charge in [0.2, 0.25) is 0 Å². The lowest BCUT2D eigenvalue weighted by molar-refractivity contribution is -0.386. The van der Waals surface area contributed by atoms with Crippen molar-refractivity contribution in [1.29, 1.82) is 0 Å². The van der Waals surface area contributed by atoms with E-state index in [9.17, 15) is 19.7 Å². The van der Waals surface area contributed by atoms with Gasteiger partial charge in [0.1, 0.15) is 17.9 Å². The number of aryl methyl sites for hydroxylation is 1. The number of hydrogen-bond donors (Lipinski definition) is 0. The fourth-order valence-electron chi connectivity index (χ4n) is 3.00. The maximum Gasteiger partial charge on any atom is 0.328 e. The minimum Gasteiger partial charge on any atom is -0.454 e. The van der Waals surface area contributed by atoms with E-state index < -0.39 is 10.9 Å². The van der Waals surface area contributed by atoms with Crippen LogP contribution in [0.2, 0.25) is 0 Å². The van der Waals surface area contributed by atoms with E-state index in [-0.39, 0.29) is 36.1 Å². The largest absolute Gasteiger partial charge is 0.454 e. The number of nitro groups is 1. The predicted molar refractivity (Wildman–Crippen MR) is 89.0 cm³/mol. The van der Waals surface area contributed by atoms with Crippen LogP contribution >= 0.6 is 0 Å². The van der Waals surface area contributed by atoms with E-state index in [4.69, 9.17) is 4.74 Å². The van der Waals surface area contributed by atoms with Crippen LogP contribution in [0.15, 0.2) is 0 Å². The van der Waals surface area contributed by atoms with E-state index in [1.54, 1.807) is 4.90 Å². The molecule has 2 rings (SSSR count). The minimum absolute atomic E-state index is 0.107. The van der Waals surface area contributed by atoms with Gasteiger partial charge in [0, 0.05) is 13.1 Å². The van der Waals surface area contributed by atoms with Gasteiger partial charge in [-0.25, -0.2) is 0 Å². The minimum atomic E-state index is -0.638. The summed E-state index contributed by atoms with van der Waals surface area (Å²) in [4.78, 5) is 36.3. The van der Waals surface area contributed by atoms with Crippen LogP contribution in [0.5, 0.6) is 0 Å². The van der Waals surface area contributed by atoms with Crippen molar-refractivity contribution in [3.8, 4) is 0 Å². The molecule has 0 spiro atoms. The molecule has 0 bridgehead atoms. The van der Waals surface area contributed by atoms with Crippen molar-refractivity contribution < 1.29 is 19.2 Å². The topological polar surface area (TPSA) is 108 Å². The first-order valence-corrected chi connectivity index (χ1v) is 8.52. The Morgan fingerprint density at radius 2 is 1.76 bits per heavy atom. The molecule has 9 heteroatoms. The van der Waals surface area contributed by atoms with Crippen molar-refractivity contribution in [2.24, 2.45) is 0 Å². The Morgan fingerprint density at radius 3 is 2.32 bits per heavy atom. The molecule has 1 fully saturated rings. The maximum absolute atomic E-state index is 12.2. The molecule has 2 heterocycles. The Labute approximate surface area is 146 Å². The van der Waals surface area contributed by atoms with Gasteiger partial charge in [-0.15, -0.1) is 0 Å². The van der Waals surface area contributed by atoms with E-state index >= 15 is 0 Å². The average Bonchev–Trinajstić information content (AvgIpc) is 2.78. The molecule has 1 aromatic heterocycles. The van der Waals surface area contributed by atoms with Gasteiger partial charge in [-0.05, 0) is 26.7 Å². The van der Waals surface area contributed by atoms with Crippen LogP contribution in [0, 0.1) is 24.0 Å². The molecule has 0 aromatic carbocycles. The van der Waals surface area contributed by atoms with Crippen molar-refractivity contribution in [3.05, 3.63) is 21.5 Å². The zero-order valence-electron chi connectivity index (χ0n) is 14.7. The van der Waals surface area contributed by atoms with E-state index in [2.05, 4.69) is 5.10 Å². The smallest absolute Gasteiger partial charge is 0.328 e. The van der Waals surface area contributed by atoms with Crippen LogP contribution in [-0.4, -0.2) is 51.2 Å².